The quantitative estimate of drug-likeness (QED) is 0.383. The van der Waals surface area contributed by atoms with Crippen molar-refractivity contribution in [3.8, 4) is 0 Å². The predicted octanol–water partition coefficient (Wildman–Crippen LogP) is 5.49. The number of anilines is 2. The number of rotatable bonds is 8. The maximum absolute atomic E-state index is 13.4. The Bertz CT molecular complexity index is 1050. The number of ether oxygens (including phenoxy) is 1. The van der Waals surface area contributed by atoms with E-state index in [2.05, 4.69) is 92.7 Å². The van der Waals surface area contributed by atoms with Gasteiger partial charge < -0.3 is 19.9 Å². The van der Waals surface area contributed by atoms with Gasteiger partial charge in [0.05, 0.1) is 11.6 Å². The molecule has 6 nitrogen and oxygen atoms in total. The first-order chi connectivity index (χ1) is 17.0. The van der Waals surface area contributed by atoms with E-state index >= 15 is 0 Å². The summed E-state index contributed by atoms with van der Waals surface area (Å²) in [5.74, 6) is -0.298. The molecule has 1 amide bonds. The number of nitrogens with zero attached hydrogens (tertiary/aromatic N) is 2. The Balaban J connectivity index is 2.13. The van der Waals surface area contributed by atoms with Crippen molar-refractivity contribution in [1.82, 2.24) is 5.32 Å². The molecule has 2 heterocycles. The van der Waals surface area contributed by atoms with Crippen LogP contribution in [0, 0.1) is 5.92 Å². The van der Waals surface area contributed by atoms with Gasteiger partial charge in [-0.2, -0.15) is 0 Å². The maximum atomic E-state index is 13.4. The van der Waals surface area contributed by atoms with Crippen LogP contribution >= 0.6 is 0 Å². The fourth-order valence-electron chi connectivity index (χ4n) is 5.44. The molecule has 3 rings (SSSR count). The second-order valence-corrected chi connectivity index (χ2v) is 10.9. The highest BCUT2D eigenvalue weighted by molar-refractivity contribution is 5.93. The first-order valence-electron chi connectivity index (χ1n) is 13.0. The molecule has 1 N–H and O–H groups in total. The molecular weight excluding hydrogens is 450 g/mol. The second-order valence-electron chi connectivity index (χ2n) is 10.9. The van der Waals surface area contributed by atoms with E-state index in [1.54, 1.807) is 0 Å². The van der Waals surface area contributed by atoms with Crippen molar-refractivity contribution in [2.75, 3.05) is 30.0 Å². The number of amides is 1. The van der Waals surface area contributed by atoms with Crippen LogP contribution in [0.15, 0.2) is 48.6 Å². The SMILES string of the molecule is C=C[C@@](C)(CCC=C(C)C)N1CC=C2C[C@@H](COC(C)=O)NC(=O)[C@H](C(C)C)N(C)c3cccc1c32. The van der Waals surface area contributed by atoms with Gasteiger partial charge in [0, 0.05) is 37.5 Å². The molecule has 0 fully saturated rings. The van der Waals surface area contributed by atoms with Crippen LogP contribution in [-0.2, 0) is 14.3 Å². The number of likely N-dealkylation sites (N-methyl/N-ethyl adjacent to an activating group) is 1. The lowest BCUT2D eigenvalue weighted by Gasteiger charge is -2.45. The van der Waals surface area contributed by atoms with Gasteiger partial charge in [0.15, 0.2) is 0 Å². The Morgan fingerprint density at radius 1 is 1.28 bits per heavy atom. The topological polar surface area (TPSA) is 61.9 Å². The van der Waals surface area contributed by atoms with E-state index in [-0.39, 0.29) is 42.0 Å². The zero-order valence-electron chi connectivity index (χ0n) is 23.1. The van der Waals surface area contributed by atoms with Crippen LogP contribution < -0.4 is 15.1 Å². The fourth-order valence-corrected chi connectivity index (χ4v) is 5.44. The Morgan fingerprint density at radius 3 is 2.58 bits per heavy atom. The predicted molar refractivity (Wildman–Crippen MR) is 149 cm³/mol. The van der Waals surface area contributed by atoms with Gasteiger partial charge in [-0.1, -0.05) is 43.7 Å². The van der Waals surface area contributed by atoms with Crippen LogP contribution in [-0.4, -0.2) is 49.7 Å². The summed E-state index contributed by atoms with van der Waals surface area (Å²) in [6.07, 6.45) is 9.14. The summed E-state index contributed by atoms with van der Waals surface area (Å²) in [5, 5.41) is 3.17. The van der Waals surface area contributed by atoms with Crippen molar-refractivity contribution < 1.29 is 14.3 Å². The van der Waals surface area contributed by atoms with Crippen molar-refractivity contribution in [2.24, 2.45) is 5.92 Å². The van der Waals surface area contributed by atoms with E-state index in [1.807, 2.05) is 7.05 Å². The minimum Gasteiger partial charge on any atom is -0.464 e. The molecule has 2 aliphatic heterocycles. The molecule has 0 spiro atoms. The summed E-state index contributed by atoms with van der Waals surface area (Å²) in [4.78, 5) is 29.5. The van der Waals surface area contributed by atoms with E-state index in [9.17, 15) is 9.59 Å². The smallest absolute Gasteiger partial charge is 0.302 e. The third-order valence-electron chi connectivity index (χ3n) is 7.41. The highest BCUT2D eigenvalue weighted by atomic mass is 16.5. The van der Waals surface area contributed by atoms with E-state index in [0.717, 1.165) is 36.3 Å². The number of esters is 1. The molecule has 0 aromatic heterocycles. The number of nitrogens with one attached hydrogen (secondary N) is 1. The van der Waals surface area contributed by atoms with Gasteiger partial charge >= 0.3 is 5.97 Å². The van der Waals surface area contributed by atoms with Crippen molar-refractivity contribution in [2.45, 2.75) is 78.4 Å². The molecular formula is C30H43N3O3. The molecule has 0 radical (unpaired) electrons. The van der Waals surface area contributed by atoms with Crippen LogP contribution in [0.4, 0.5) is 11.4 Å². The molecule has 196 valence electrons. The minimum absolute atomic E-state index is 0.0454. The Hall–Kier alpha value is -3.02. The zero-order chi connectivity index (χ0) is 26.6. The van der Waals surface area contributed by atoms with Crippen molar-refractivity contribution in [3.05, 3.63) is 54.1 Å². The highest BCUT2D eigenvalue weighted by Crippen LogP contribution is 2.45. The van der Waals surface area contributed by atoms with E-state index < -0.39 is 0 Å². The molecule has 0 saturated heterocycles. The summed E-state index contributed by atoms with van der Waals surface area (Å²) in [6, 6.07) is 5.73. The molecule has 0 bridgehead atoms. The van der Waals surface area contributed by atoms with Gasteiger partial charge in [-0.3, -0.25) is 9.59 Å². The average Bonchev–Trinajstić information content (AvgIpc) is 2.85. The third-order valence-corrected chi connectivity index (χ3v) is 7.41. The molecule has 0 unspecified atom stereocenters. The van der Waals surface area contributed by atoms with Gasteiger partial charge in [0.2, 0.25) is 5.91 Å². The Morgan fingerprint density at radius 2 is 1.97 bits per heavy atom. The lowest BCUT2D eigenvalue weighted by Crippen LogP contribution is -2.51. The van der Waals surface area contributed by atoms with Gasteiger partial charge in [-0.25, -0.2) is 0 Å². The van der Waals surface area contributed by atoms with E-state index in [4.69, 9.17) is 4.74 Å². The summed E-state index contributed by atoms with van der Waals surface area (Å²) in [7, 11) is 2.00. The molecule has 36 heavy (non-hydrogen) atoms. The number of allylic oxidation sites excluding steroid dienone is 2. The van der Waals surface area contributed by atoms with Crippen LogP contribution in [0.25, 0.3) is 5.57 Å². The molecule has 0 saturated carbocycles. The molecule has 3 atom stereocenters. The van der Waals surface area contributed by atoms with Crippen LogP contribution in [0.2, 0.25) is 0 Å². The van der Waals surface area contributed by atoms with Gasteiger partial charge in [0.1, 0.15) is 12.6 Å². The monoisotopic (exact) mass is 493 g/mol. The first-order valence-corrected chi connectivity index (χ1v) is 13.0. The highest BCUT2D eigenvalue weighted by Gasteiger charge is 2.37. The lowest BCUT2D eigenvalue weighted by molar-refractivity contribution is -0.142. The molecule has 0 aliphatic carbocycles. The van der Waals surface area contributed by atoms with E-state index in [0.29, 0.717) is 6.42 Å². The summed E-state index contributed by atoms with van der Waals surface area (Å²) < 4.78 is 5.35. The van der Waals surface area contributed by atoms with Crippen LogP contribution in [0.5, 0.6) is 0 Å². The molecule has 1 aromatic carbocycles. The maximum Gasteiger partial charge on any atom is 0.302 e. The molecule has 6 heteroatoms. The molecule has 1 aromatic rings. The number of benzene rings is 1. The number of hydrogen-bond donors (Lipinski definition) is 1. The second kappa shape index (κ2) is 11.4. The van der Waals surface area contributed by atoms with Crippen LogP contribution in [0.1, 0.15) is 66.4 Å². The summed E-state index contributed by atoms with van der Waals surface area (Å²) in [6.45, 7) is 17.2. The Kier molecular flexibility index (Phi) is 8.70. The number of carbonyl (C=O) groups is 2. The number of hydrogen-bond acceptors (Lipinski definition) is 5. The zero-order valence-corrected chi connectivity index (χ0v) is 23.1. The Labute approximate surface area is 217 Å². The third kappa shape index (κ3) is 5.85. The first kappa shape index (κ1) is 27.6. The largest absolute Gasteiger partial charge is 0.464 e. The normalized spacial score (nSPS) is 21.2. The lowest BCUT2D eigenvalue weighted by atomic mass is 9.86. The summed E-state index contributed by atoms with van der Waals surface area (Å²) >= 11 is 0. The van der Waals surface area contributed by atoms with Gasteiger partial charge in [-0.05, 0) is 63.7 Å². The minimum atomic E-state index is -0.352. The van der Waals surface area contributed by atoms with E-state index in [1.165, 1.54) is 18.1 Å². The van der Waals surface area contributed by atoms with Crippen molar-refractivity contribution in [3.63, 3.8) is 0 Å². The van der Waals surface area contributed by atoms with Crippen molar-refractivity contribution >= 4 is 28.8 Å². The average molecular weight is 494 g/mol. The van der Waals surface area contributed by atoms with Crippen LogP contribution in [0.3, 0.4) is 0 Å². The standard InChI is InChI=1S/C30H43N3O3/c1-9-30(7,16-11-12-20(2)3)33-17-15-23-18-24(19-36-22(6)34)31-29(35)28(21(4)5)32(8)25-13-10-14-26(33)27(23)25/h9-10,12-15,21,24,28H,1,11,16-19H2,2-8H3,(H,31,35)/t24-,28-,30-/m0/s1. The summed E-state index contributed by atoms with van der Waals surface area (Å²) in [5.41, 5.74) is 5.60. The van der Waals surface area contributed by atoms with Crippen molar-refractivity contribution in [1.29, 1.82) is 0 Å². The van der Waals surface area contributed by atoms with Gasteiger partial charge in [-0.15, -0.1) is 6.58 Å². The fraction of sp³-hybridized carbons (Fsp3) is 0.533. The van der Waals surface area contributed by atoms with Gasteiger partial charge in [0.25, 0.3) is 0 Å². The molecule has 2 aliphatic rings. The number of carbonyl (C=O) groups excluding carboxylic acids is 2.